The van der Waals surface area contributed by atoms with Gasteiger partial charge in [0.1, 0.15) is 6.04 Å². The van der Waals surface area contributed by atoms with E-state index in [4.69, 9.17) is 4.74 Å². The van der Waals surface area contributed by atoms with Crippen LogP contribution in [0.4, 0.5) is 13.2 Å². The molecule has 0 spiro atoms. The SMILES string of the molecule is CCOC(=O)C(NCC(F)(F)F)c1ccc(C(C)(C)C)s1. The van der Waals surface area contributed by atoms with Crippen LogP contribution in [0.2, 0.25) is 0 Å². The quantitative estimate of drug-likeness (QED) is 0.838. The molecule has 1 unspecified atom stereocenters. The number of alkyl halides is 3. The lowest BCUT2D eigenvalue weighted by Gasteiger charge is -2.18. The van der Waals surface area contributed by atoms with Crippen molar-refractivity contribution in [3.05, 3.63) is 21.9 Å². The molecule has 0 bridgehead atoms. The lowest BCUT2D eigenvalue weighted by atomic mass is 9.95. The summed E-state index contributed by atoms with van der Waals surface area (Å²) in [7, 11) is 0. The van der Waals surface area contributed by atoms with Crippen molar-refractivity contribution >= 4 is 17.3 Å². The van der Waals surface area contributed by atoms with Crippen LogP contribution in [0, 0.1) is 0 Å². The molecule has 1 heterocycles. The lowest BCUT2D eigenvalue weighted by Crippen LogP contribution is -2.36. The van der Waals surface area contributed by atoms with Crippen LogP contribution in [0.5, 0.6) is 0 Å². The third kappa shape index (κ3) is 5.67. The fourth-order valence-electron chi connectivity index (χ4n) is 1.65. The van der Waals surface area contributed by atoms with Crippen molar-refractivity contribution in [2.24, 2.45) is 0 Å². The van der Waals surface area contributed by atoms with Crippen LogP contribution in [0.1, 0.15) is 43.5 Å². The van der Waals surface area contributed by atoms with Crippen molar-refractivity contribution < 1.29 is 22.7 Å². The van der Waals surface area contributed by atoms with Gasteiger partial charge in [-0.25, -0.2) is 4.79 Å². The minimum atomic E-state index is -4.38. The minimum Gasteiger partial charge on any atom is -0.465 e. The Morgan fingerprint density at radius 3 is 2.38 bits per heavy atom. The number of hydrogen-bond donors (Lipinski definition) is 1. The molecule has 21 heavy (non-hydrogen) atoms. The Morgan fingerprint density at radius 1 is 1.33 bits per heavy atom. The number of nitrogens with one attached hydrogen (secondary N) is 1. The normalized spacial score (nSPS) is 14.0. The third-order valence-electron chi connectivity index (χ3n) is 2.68. The van der Waals surface area contributed by atoms with Crippen molar-refractivity contribution in [2.45, 2.75) is 45.3 Å². The summed E-state index contributed by atoms with van der Waals surface area (Å²) in [6.07, 6.45) is -4.38. The average Bonchev–Trinajstić information content (AvgIpc) is 2.77. The molecule has 120 valence electrons. The smallest absolute Gasteiger partial charge is 0.401 e. The first kappa shape index (κ1) is 18.0. The van der Waals surface area contributed by atoms with E-state index in [0.717, 1.165) is 4.88 Å². The molecule has 1 N–H and O–H groups in total. The van der Waals surface area contributed by atoms with E-state index in [0.29, 0.717) is 4.88 Å². The van der Waals surface area contributed by atoms with Crippen molar-refractivity contribution in [1.29, 1.82) is 0 Å². The van der Waals surface area contributed by atoms with Crippen molar-refractivity contribution in [3.8, 4) is 0 Å². The summed E-state index contributed by atoms with van der Waals surface area (Å²) in [4.78, 5) is 13.4. The second-order valence-electron chi connectivity index (χ2n) is 5.63. The Kier molecular flexibility index (Phi) is 5.81. The van der Waals surface area contributed by atoms with Gasteiger partial charge in [-0.1, -0.05) is 20.8 Å². The summed E-state index contributed by atoms with van der Waals surface area (Å²) >= 11 is 1.32. The molecular formula is C14H20F3NO2S. The highest BCUT2D eigenvalue weighted by Gasteiger charge is 2.32. The Balaban J connectivity index is 2.95. The van der Waals surface area contributed by atoms with Gasteiger partial charge >= 0.3 is 12.1 Å². The molecule has 0 aliphatic carbocycles. The van der Waals surface area contributed by atoms with E-state index < -0.39 is 24.7 Å². The summed E-state index contributed by atoms with van der Waals surface area (Å²) in [6.45, 7) is 6.52. The number of esters is 1. The van der Waals surface area contributed by atoms with Gasteiger partial charge in [0.2, 0.25) is 0 Å². The van der Waals surface area contributed by atoms with Crippen LogP contribution in [0.15, 0.2) is 12.1 Å². The maximum atomic E-state index is 12.4. The van der Waals surface area contributed by atoms with E-state index in [1.54, 1.807) is 13.0 Å². The van der Waals surface area contributed by atoms with Gasteiger partial charge in [-0.3, -0.25) is 5.32 Å². The van der Waals surface area contributed by atoms with E-state index >= 15 is 0 Å². The molecule has 1 rings (SSSR count). The van der Waals surface area contributed by atoms with Crippen LogP contribution in [0.25, 0.3) is 0 Å². The van der Waals surface area contributed by atoms with Crippen molar-refractivity contribution in [3.63, 3.8) is 0 Å². The monoisotopic (exact) mass is 323 g/mol. The molecule has 0 amide bonds. The molecule has 0 saturated carbocycles. The second kappa shape index (κ2) is 6.79. The largest absolute Gasteiger partial charge is 0.465 e. The van der Waals surface area contributed by atoms with Crippen molar-refractivity contribution in [1.82, 2.24) is 5.32 Å². The summed E-state index contributed by atoms with van der Waals surface area (Å²) in [5, 5.41) is 2.24. The molecule has 1 atom stereocenters. The topological polar surface area (TPSA) is 38.3 Å². The third-order valence-corrected chi connectivity index (χ3v) is 4.26. The Hall–Kier alpha value is -1.08. The first-order valence-electron chi connectivity index (χ1n) is 6.61. The molecule has 0 aliphatic heterocycles. The van der Waals surface area contributed by atoms with Crippen LogP contribution >= 0.6 is 11.3 Å². The molecular weight excluding hydrogens is 303 g/mol. The van der Waals surface area contributed by atoms with E-state index in [2.05, 4.69) is 5.32 Å². The van der Waals surface area contributed by atoms with E-state index in [9.17, 15) is 18.0 Å². The van der Waals surface area contributed by atoms with Gasteiger partial charge in [-0.05, 0) is 24.5 Å². The van der Waals surface area contributed by atoms with Gasteiger partial charge in [0, 0.05) is 9.75 Å². The number of rotatable bonds is 5. The maximum absolute atomic E-state index is 12.4. The summed E-state index contributed by atoms with van der Waals surface area (Å²) in [5.74, 6) is -0.691. The zero-order chi connectivity index (χ0) is 16.3. The van der Waals surface area contributed by atoms with Gasteiger partial charge in [0.05, 0.1) is 13.2 Å². The fraction of sp³-hybridized carbons (Fsp3) is 0.643. The number of carbonyl (C=O) groups is 1. The number of ether oxygens (including phenoxy) is 1. The van der Waals surface area contributed by atoms with Crippen LogP contribution in [0.3, 0.4) is 0 Å². The highest BCUT2D eigenvalue weighted by molar-refractivity contribution is 7.12. The maximum Gasteiger partial charge on any atom is 0.401 e. The van der Waals surface area contributed by atoms with Crippen molar-refractivity contribution in [2.75, 3.05) is 13.2 Å². The van der Waals surface area contributed by atoms with E-state index in [1.807, 2.05) is 26.8 Å². The zero-order valence-electron chi connectivity index (χ0n) is 12.5. The van der Waals surface area contributed by atoms with Crippen LogP contribution in [-0.4, -0.2) is 25.3 Å². The summed E-state index contributed by atoms with van der Waals surface area (Å²) < 4.78 is 41.9. The standard InChI is InChI=1S/C14H20F3NO2S/c1-5-20-12(19)11(18-8-14(15,16)17)9-6-7-10(21-9)13(2,3)4/h6-7,11,18H,5,8H2,1-4H3. The zero-order valence-corrected chi connectivity index (χ0v) is 13.3. The molecule has 0 saturated heterocycles. The predicted octanol–water partition coefficient (Wildman–Crippen LogP) is 3.80. The van der Waals surface area contributed by atoms with Gasteiger partial charge in [-0.15, -0.1) is 11.3 Å². The molecule has 7 heteroatoms. The molecule has 3 nitrogen and oxygen atoms in total. The van der Waals surface area contributed by atoms with E-state index in [-0.39, 0.29) is 12.0 Å². The number of carbonyl (C=O) groups excluding carboxylic acids is 1. The molecule has 0 aromatic carbocycles. The minimum absolute atomic E-state index is 0.119. The lowest BCUT2D eigenvalue weighted by molar-refractivity contribution is -0.148. The molecule has 0 radical (unpaired) electrons. The fourth-order valence-corrected chi connectivity index (χ4v) is 2.78. The second-order valence-corrected chi connectivity index (χ2v) is 6.75. The highest BCUT2D eigenvalue weighted by atomic mass is 32.1. The molecule has 1 aromatic rings. The van der Waals surface area contributed by atoms with Crippen LogP contribution in [-0.2, 0) is 14.9 Å². The number of thiophene rings is 1. The molecule has 1 aromatic heterocycles. The Bertz CT molecular complexity index is 477. The van der Waals surface area contributed by atoms with Gasteiger partial charge in [0.15, 0.2) is 0 Å². The van der Waals surface area contributed by atoms with Gasteiger partial charge in [-0.2, -0.15) is 13.2 Å². The molecule has 0 fully saturated rings. The van der Waals surface area contributed by atoms with Crippen LogP contribution < -0.4 is 5.32 Å². The Morgan fingerprint density at radius 2 is 1.95 bits per heavy atom. The molecule has 0 aliphatic rings. The summed E-state index contributed by atoms with van der Waals surface area (Å²) in [5.41, 5.74) is -0.119. The number of hydrogen-bond acceptors (Lipinski definition) is 4. The van der Waals surface area contributed by atoms with Gasteiger partial charge in [0.25, 0.3) is 0 Å². The first-order valence-corrected chi connectivity index (χ1v) is 7.43. The predicted molar refractivity (Wildman–Crippen MR) is 76.5 cm³/mol. The average molecular weight is 323 g/mol. The van der Waals surface area contributed by atoms with Gasteiger partial charge < -0.3 is 4.74 Å². The Labute approximate surface area is 126 Å². The highest BCUT2D eigenvalue weighted by Crippen LogP contribution is 2.33. The first-order chi connectivity index (χ1) is 9.54. The number of halogens is 3. The van der Waals surface area contributed by atoms with E-state index in [1.165, 1.54) is 11.3 Å². The summed E-state index contributed by atoms with van der Waals surface area (Å²) in [6, 6.07) is 2.42.